The van der Waals surface area contributed by atoms with Crippen molar-refractivity contribution in [3.63, 3.8) is 0 Å². The summed E-state index contributed by atoms with van der Waals surface area (Å²) in [5, 5.41) is 22.3. The van der Waals surface area contributed by atoms with E-state index in [-0.39, 0.29) is 21.7 Å². The standard InChI is InChI=1S/C19H19F3N2OS3/c1-26-16-6-2-3-7-18(16,25)11-28-17-12(10-23)13(19(20,21)22)9-14(24-17)15-5-4-8-27-15/h4-5,8-9,16,25H,2-3,6-7,11H2,1H3/t16-,18-/m1/s1. The van der Waals surface area contributed by atoms with E-state index < -0.39 is 22.9 Å². The Balaban J connectivity index is 1.99. The maximum absolute atomic E-state index is 13.6. The number of pyridine rings is 1. The number of hydrogen-bond acceptors (Lipinski definition) is 6. The highest BCUT2D eigenvalue weighted by Gasteiger charge is 2.40. The monoisotopic (exact) mass is 444 g/mol. The number of alkyl halides is 3. The first kappa shape index (κ1) is 21.5. The minimum absolute atomic E-state index is 0.0274. The van der Waals surface area contributed by atoms with Crippen LogP contribution in [0.5, 0.6) is 0 Å². The van der Waals surface area contributed by atoms with Gasteiger partial charge in [0.15, 0.2) is 0 Å². The first-order valence-electron chi connectivity index (χ1n) is 8.72. The van der Waals surface area contributed by atoms with Crippen LogP contribution in [0.1, 0.15) is 36.8 Å². The lowest BCUT2D eigenvalue weighted by atomic mass is 9.86. The van der Waals surface area contributed by atoms with Gasteiger partial charge in [-0.05, 0) is 36.6 Å². The molecule has 0 amide bonds. The van der Waals surface area contributed by atoms with Crippen LogP contribution in [0.2, 0.25) is 0 Å². The quantitative estimate of drug-likeness (QED) is 0.588. The Kier molecular flexibility index (Phi) is 6.65. The van der Waals surface area contributed by atoms with E-state index in [4.69, 9.17) is 0 Å². The van der Waals surface area contributed by atoms with E-state index in [1.54, 1.807) is 35.3 Å². The van der Waals surface area contributed by atoms with Gasteiger partial charge < -0.3 is 5.11 Å². The molecule has 1 aliphatic rings. The molecule has 0 spiro atoms. The summed E-state index contributed by atoms with van der Waals surface area (Å²) in [5.74, 6) is 0.214. The zero-order valence-corrected chi connectivity index (χ0v) is 17.6. The van der Waals surface area contributed by atoms with Gasteiger partial charge >= 0.3 is 6.18 Å². The van der Waals surface area contributed by atoms with Gasteiger partial charge in [-0.2, -0.15) is 30.2 Å². The Bertz CT molecular complexity index is 865. The normalized spacial score (nSPS) is 22.8. The molecule has 0 saturated heterocycles. The minimum Gasteiger partial charge on any atom is -0.388 e. The highest BCUT2D eigenvalue weighted by Crippen LogP contribution is 2.42. The second-order valence-electron chi connectivity index (χ2n) is 6.68. The Morgan fingerprint density at radius 2 is 2.21 bits per heavy atom. The summed E-state index contributed by atoms with van der Waals surface area (Å²) in [5.41, 5.74) is -2.24. The third kappa shape index (κ3) is 4.51. The van der Waals surface area contributed by atoms with E-state index in [0.717, 1.165) is 37.1 Å². The van der Waals surface area contributed by atoms with Gasteiger partial charge in [-0.1, -0.05) is 18.9 Å². The fraction of sp³-hybridized carbons (Fsp3) is 0.474. The van der Waals surface area contributed by atoms with Crippen molar-refractivity contribution in [2.45, 2.75) is 47.7 Å². The van der Waals surface area contributed by atoms with E-state index in [0.29, 0.717) is 11.3 Å². The van der Waals surface area contributed by atoms with E-state index in [2.05, 4.69) is 4.98 Å². The third-order valence-corrected chi connectivity index (χ3v) is 8.19. The molecule has 28 heavy (non-hydrogen) atoms. The molecule has 2 aromatic heterocycles. The molecule has 9 heteroatoms. The van der Waals surface area contributed by atoms with Crippen LogP contribution in [-0.4, -0.2) is 33.0 Å². The molecule has 0 bridgehead atoms. The molecule has 1 N–H and O–H groups in total. The van der Waals surface area contributed by atoms with Crippen LogP contribution in [0, 0.1) is 11.3 Å². The highest BCUT2D eigenvalue weighted by atomic mass is 32.2. The molecule has 2 atom stereocenters. The molecule has 1 saturated carbocycles. The molecule has 1 fully saturated rings. The lowest BCUT2D eigenvalue weighted by Crippen LogP contribution is -2.45. The largest absolute Gasteiger partial charge is 0.417 e. The lowest BCUT2D eigenvalue weighted by Gasteiger charge is -2.38. The maximum atomic E-state index is 13.6. The summed E-state index contributed by atoms with van der Waals surface area (Å²) >= 11 is 3.92. The van der Waals surface area contributed by atoms with Crippen LogP contribution in [0.4, 0.5) is 13.2 Å². The first-order valence-corrected chi connectivity index (χ1v) is 11.9. The molecule has 3 rings (SSSR count). The Labute approximate surface area is 174 Å². The van der Waals surface area contributed by atoms with Gasteiger partial charge in [-0.15, -0.1) is 23.1 Å². The predicted molar refractivity (Wildman–Crippen MR) is 109 cm³/mol. The SMILES string of the molecule is CS[C@@H]1CCCC[C@@]1(O)CSc1nc(-c2cccs2)cc(C(F)(F)F)c1C#N. The number of nitriles is 1. The zero-order valence-electron chi connectivity index (χ0n) is 15.1. The van der Waals surface area contributed by atoms with Crippen molar-refractivity contribution in [1.82, 2.24) is 4.98 Å². The van der Waals surface area contributed by atoms with Crippen molar-refractivity contribution in [1.29, 1.82) is 5.26 Å². The molecule has 1 aliphatic carbocycles. The fourth-order valence-corrected chi connectivity index (χ4v) is 6.42. The average molecular weight is 445 g/mol. The predicted octanol–water partition coefficient (Wildman–Crippen LogP) is 5.83. The number of aliphatic hydroxyl groups is 1. The van der Waals surface area contributed by atoms with Crippen molar-refractivity contribution < 1.29 is 18.3 Å². The highest BCUT2D eigenvalue weighted by molar-refractivity contribution is 8.00. The minimum atomic E-state index is -4.65. The van der Waals surface area contributed by atoms with E-state index >= 15 is 0 Å². The van der Waals surface area contributed by atoms with Gasteiger partial charge in [-0.25, -0.2) is 4.98 Å². The summed E-state index contributed by atoms with van der Waals surface area (Å²) in [6.45, 7) is 0. The molecule has 0 radical (unpaired) electrons. The van der Waals surface area contributed by atoms with Crippen LogP contribution in [-0.2, 0) is 6.18 Å². The average Bonchev–Trinajstić information content (AvgIpc) is 3.20. The summed E-state index contributed by atoms with van der Waals surface area (Å²) < 4.78 is 40.8. The van der Waals surface area contributed by atoms with Gasteiger partial charge in [0.1, 0.15) is 11.1 Å². The summed E-state index contributed by atoms with van der Waals surface area (Å²) in [6, 6.07) is 6.07. The van der Waals surface area contributed by atoms with Crippen molar-refractivity contribution in [3.05, 3.63) is 34.7 Å². The van der Waals surface area contributed by atoms with Crippen LogP contribution in [0.25, 0.3) is 10.6 Å². The molecule has 3 nitrogen and oxygen atoms in total. The third-order valence-electron chi connectivity index (χ3n) is 4.85. The van der Waals surface area contributed by atoms with Crippen molar-refractivity contribution in [2.75, 3.05) is 12.0 Å². The van der Waals surface area contributed by atoms with Crippen molar-refractivity contribution in [2.24, 2.45) is 0 Å². The van der Waals surface area contributed by atoms with E-state index in [1.165, 1.54) is 11.3 Å². The maximum Gasteiger partial charge on any atom is 0.417 e. The number of nitrogens with zero attached hydrogens (tertiary/aromatic N) is 2. The smallest absolute Gasteiger partial charge is 0.388 e. The van der Waals surface area contributed by atoms with Gasteiger partial charge in [0.05, 0.1) is 27.3 Å². The van der Waals surface area contributed by atoms with Crippen LogP contribution in [0.3, 0.4) is 0 Å². The Morgan fingerprint density at radius 3 is 2.82 bits per heavy atom. The summed E-state index contributed by atoms with van der Waals surface area (Å²) in [7, 11) is 0. The van der Waals surface area contributed by atoms with E-state index in [9.17, 15) is 23.5 Å². The van der Waals surface area contributed by atoms with Gasteiger partial charge in [0.2, 0.25) is 0 Å². The fourth-order valence-electron chi connectivity index (χ4n) is 3.39. The number of thioether (sulfide) groups is 2. The number of rotatable bonds is 5. The lowest BCUT2D eigenvalue weighted by molar-refractivity contribution is -0.138. The van der Waals surface area contributed by atoms with Crippen LogP contribution in [0.15, 0.2) is 28.6 Å². The molecule has 2 heterocycles. The Morgan fingerprint density at radius 1 is 1.43 bits per heavy atom. The van der Waals surface area contributed by atoms with Gasteiger partial charge in [-0.3, -0.25) is 0 Å². The van der Waals surface area contributed by atoms with Crippen LogP contribution < -0.4 is 0 Å². The second-order valence-corrected chi connectivity index (χ2v) is 9.64. The second kappa shape index (κ2) is 8.66. The van der Waals surface area contributed by atoms with Gasteiger partial charge in [0.25, 0.3) is 0 Å². The van der Waals surface area contributed by atoms with Gasteiger partial charge in [0, 0.05) is 11.0 Å². The number of thiophene rings is 1. The van der Waals surface area contributed by atoms with Crippen molar-refractivity contribution in [3.8, 4) is 16.6 Å². The first-order chi connectivity index (χ1) is 13.3. The molecular formula is C19H19F3N2OS3. The topological polar surface area (TPSA) is 56.9 Å². The molecular weight excluding hydrogens is 425 g/mol. The number of hydrogen-bond donors (Lipinski definition) is 1. The van der Waals surface area contributed by atoms with Crippen LogP contribution >= 0.6 is 34.9 Å². The molecule has 0 aromatic carbocycles. The molecule has 150 valence electrons. The molecule has 0 unspecified atom stereocenters. The molecule has 2 aromatic rings. The summed E-state index contributed by atoms with van der Waals surface area (Å²) in [6.07, 6.45) is 0.675. The van der Waals surface area contributed by atoms with E-state index in [1.807, 2.05) is 6.26 Å². The molecule has 0 aliphatic heterocycles. The summed E-state index contributed by atoms with van der Waals surface area (Å²) in [4.78, 5) is 4.97. The Hall–Kier alpha value is -1.21. The number of aromatic nitrogens is 1. The zero-order chi connectivity index (χ0) is 20.4. The number of halogens is 3. The van der Waals surface area contributed by atoms with Crippen molar-refractivity contribution >= 4 is 34.9 Å².